The highest BCUT2D eigenvalue weighted by molar-refractivity contribution is 8.16. The van der Waals surface area contributed by atoms with Gasteiger partial charge in [0.2, 0.25) is 0 Å². The van der Waals surface area contributed by atoms with Crippen LogP contribution in [0.1, 0.15) is 62.9 Å². The standard InChI is InChI=1S/C26H29ClN2O2S/c1-5-31-23(30)18-8-6-17(7-9-18)22-28-29(21-12-10-20(27)11-13-21)26(32-22)16-19-14-15-25(26,4)24(19,2)3/h6-13,19H,5,14-16H2,1-4H3/t19-,25+,26+/m0/s1. The first-order valence-electron chi connectivity index (χ1n) is 11.3. The highest BCUT2D eigenvalue weighted by Crippen LogP contribution is 2.75. The van der Waals surface area contributed by atoms with Crippen LogP contribution in [0.3, 0.4) is 0 Å². The summed E-state index contributed by atoms with van der Waals surface area (Å²) in [6.07, 6.45) is 3.59. The highest BCUT2D eigenvalue weighted by Gasteiger charge is 2.73. The SMILES string of the molecule is CCOC(=O)c1ccc(C2=NN(c3ccc(Cl)cc3)[C@]3(C[C@@H]4CC[C@]3(C)C4(C)C)S2)cc1. The summed E-state index contributed by atoms with van der Waals surface area (Å²) in [4.78, 5) is 11.9. The molecule has 2 saturated carbocycles. The molecule has 32 heavy (non-hydrogen) atoms. The van der Waals surface area contributed by atoms with Gasteiger partial charge in [0, 0.05) is 16.0 Å². The summed E-state index contributed by atoms with van der Waals surface area (Å²) in [5, 5.41) is 9.18. The molecule has 2 aliphatic carbocycles. The molecule has 0 aromatic heterocycles. The second-order valence-electron chi connectivity index (χ2n) is 9.87. The van der Waals surface area contributed by atoms with E-state index in [4.69, 9.17) is 21.4 Å². The fourth-order valence-electron chi connectivity index (χ4n) is 6.01. The predicted molar refractivity (Wildman–Crippen MR) is 132 cm³/mol. The molecule has 2 aromatic carbocycles. The van der Waals surface area contributed by atoms with Crippen LogP contribution in [0.15, 0.2) is 53.6 Å². The van der Waals surface area contributed by atoms with Crippen LogP contribution >= 0.6 is 23.4 Å². The molecule has 0 amide bonds. The van der Waals surface area contributed by atoms with Gasteiger partial charge in [-0.3, -0.25) is 0 Å². The molecule has 3 atom stereocenters. The fourth-order valence-corrected chi connectivity index (χ4v) is 7.94. The quantitative estimate of drug-likeness (QED) is 0.454. The molecule has 4 nitrogen and oxygen atoms in total. The van der Waals surface area contributed by atoms with Gasteiger partial charge < -0.3 is 4.74 Å². The molecular formula is C26H29ClN2O2S. The lowest BCUT2D eigenvalue weighted by molar-refractivity contribution is 0.0526. The van der Waals surface area contributed by atoms with Crippen molar-refractivity contribution in [1.82, 2.24) is 0 Å². The summed E-state index contributed by atoms with van der Waals surface area (Å²) in [5.74, 6) is 0.386. The Labute approximate surface area is 199 Å². The third kappa shape index (κ3) is 2.97. The topological polar surface area (TPSA) is 41.9 Å². The molecule has 0 radical (unpaired) electrons. The number of thioether (sulfide) groups is 1. The van der Waals surface area contributed by atoms with Gasteiger partial charge in [0.25, 0.3) is 0 Å². The zero-order chi connectivity index (χ0) is 22.7. The van der Waals surface area contributed by atoms with Gasteiger partial charge in [-0.05, 0) is 73.9 Å². The summed E-state index contributed by atoms with van der Waals surface area (Å²) in [6.45, 7) is 9.52. The zero-order valence-electron chi connectivity index (χ0n) is 19.0. The van der Waals surface area contributed by atoms with Crippen molar-refractivity contribution in [2.45, 2.75) is 51.8 Å². The number of esters is 1. The van der Waals surface area contributed by atoms with E-state index in [-0.39, 0.29) is 21.7 Å². The summed E-state index contributed by atoms with van der Waals surface area (Å²) in [7, 11) is 0. The maximum absolute atomic E-state index is 12.1. The maximum atomic E-state index is 12.1. The Morgan fingerprint density at radius 2 is 1.84 bits per heavy atom. The van der Waals surface area contributed by atoms with Crippen LogP contribution < -0.4 is 5.01 Å². The Morgan fingerprint density at radius 1 is 1.16 bits per heavy atom. The smallest absolute Gasteiger partial charge is 0.338 e. The van der Waals surface area contributed by atoms with E-state index in [0.717, 1.165) is 27.7 Å². The largest absolute Gasteiger partial charge is 0.462 e. The molecule has 6 heteroatoms. The van der Waals surface area contributed by atoms with E-state index >= 15 is 0 Å². The Kier molecular flexibility index (Phi) is 5.14. The summed E-state index contributed by atoms with van der Waals surface area (Å²) < 4.78 is 5.13. The predicted octanol–water partition coefficient (Wildman–Crippen LogP) is 6.97. The van der Waals surface area contributed by atoms with Crippen molar-refractivity contribution >= 4 is 40.1 Å². The highest BCUT2D eigenvalue weighted by atomic mass is 35.5. The Bertz CT molecular complexity index is 1080. The van der Waals surface area contributed by atoms with Gasteiger partial charge in [-0.25, -0.2) is 9.80 Å². The molecule has 3 aliphatic rings. The average Bonchev–Trinajstić information content (AvgIpc) is 3.32. The second kappa shape index (κ2) is 7.53. The van der Waals surface area contributed by atoms with Crippen LogP contribution in [0.2, 0.25) is 5.02 Å². The number of carbonyl (C=O) groups excluding carboxylic acids is 1. The summed E-state index contributed by atoms with van der Waals surface area (Å²) >= 11 is 8.09. The molecule has 1 heterocycles. The van der Waals surface area contributed by atoms with E-state index in [1.165, 1.54) is 12.8 Å². The third-order valence-corrected chi connectivity index (χ3v) is 10.2. The summed E-state index contributed by atoms with van der Waals surface area (Å²) in [5.41, 5.74) is 3.03. The van der Waals surface area contributed by atoms with Gasteiger partial charge in [-0.15, -0.1) is 0 Å². The van der Waals surface area contributed by atoms with Crippen LogP contribution in [-0.4, -0.2) is 22.5 Å². The first kappa shape index (κ1) is 21.8. The molecule has 2 fully saturated rings. The van der Waals surface area contributed by atoms with Gasteiger partial charge in [0.15, 0.2) is 0 Å². The first-order chi connectivity index (χ1) is 15.2. The normalized spacial score (nSPS) is 30.1. The van der Waals surface area contributed by atoms with Gasteiger partial charge in [0.05, 0.1) is 17.9 Å². The van der Waals surface area contributed by atoms with Crippen LogP contribution in [0, 0.1) is 16.7 Å². The number of carbonyl (C=O) groups is 1. The van der Waals surface area contributed by atoms with Gasteiger partial charge in [0.1, 0.15) is 9.91 Å². The van der Waals surface area contributed by atoms with Crippen LogP contribution in [0.4, 0.5) is 5.69 Å². The van der Waals surface area contributed by atoms with E-state index in [9.17, 15) is 4.79 Å². The minimum absolute atomic E-state index is 0.116. The van der Waals surface area contributed by atoms with E-state index in [1.807, 2.05) is 55.1 Å². The van der Waals surface area contributed by atoms with Crippen LogP contribution in [0.5, 0.6) is 0 Å². The van der Waals surface area contributed by atoms with E-state index in [2.05, 4.69) is 37.9 Å². The average molecular weight is 469 g/mol. The molecule has 5 rings (SSSR count). The molecule has 1 aliphatic heterocycles. The number of rotatable bonds is 4. The van der Waals surface area contributed by atoms with Crippen LogP contribution in [0.25, 0.3) is 0 Å². The Morgan fingerprint density at radius 3 is 2.41 bits per heavy atom. The first-order valence-corrected chi connectivity index (χ1v) is 12.5. The van der Waals surface area contributed by atoms with E-state index < -0.39 is 0 Å². The number of hydrazone groups is 1. The minimum Gasteiger partial charge on any atom is -0.462 e. The number of hydrogen-bond acceptors (Lipinski definition) is 5. The second-order valence-corrected chi connectivity index (χ2v) is 11.6. The third-order valence-electron chi connectivity index (χ3n) is 8.33. The van der Waals surface area contributed by atoms with Crippen molar-refractivity contribution in [1.29, 1.82) is 0 Å². The van der Waals surface area contributed by atoms with Crippen molar-refractivity contribution in [3.05, 3.63) is 64.7 Å². The number of benzene rings is 2. The molecule has 168 valence electrons. The maximum Gasteiger partial charge on any atom is 0.338 e. The molecule has 1 spiro atoms. The number of halogens is 1. The van der Waals surface area contributed by atoms with E-state index in [1.54, 1.807) is 0 Å². The monoisotopic (exact) mass is 468 g/mol. The fraction of sp³-hybridized carbons (Fsp3) is 0.462. The molecular weight excluding hydrogens is 440 g/mol. The lowest BCUT2D eigenvalue weighted by Crippen LogP contribution is -2.53. The molecule has 2 bridgehead atoms. The Balaban J connectivity index is 1.56. The van der Waals surface area contributed by atoms with Crippen molar-refractivity contribution < 1.29 is 9.53 Å². The van der Waals surface area contributed by atoms with Crippen molar-refractivity contribution in [3.63, 3.8) is 0 Å². The number of nitrogens with zero attached hydrogens (tertiary/aromatic N) is 2. The van der Waals surface area contributed by atoms with Gasteiger partial charge in [-0.2, -0.15) is 5.10 Å². The molecule has 0 saturated heterocycles. The zero-order valence-corrected chi connectivity index (χ0v) is 20.6. The number of ether oxygens (including phenoxy) is 1. The van der Waals surface area contributed by atoms with Crippen LogP contribution in [-0.2, 0) is 4.74 Å². The number of hydrogen-bond donors (Lipinski definition) is 0. The lowest BCUT2D eigenvalue weighted by Gasteiger charge is -2.49. The number of anilines is 1. The van der Waals surface area contributed by atoms with Crippen molar-refractivity contribution in [2.75, 3.05) is 11.6 Å². The molecule has 2 aromatic rings. The van der Waals surface area contributed by atoms with Gasteiger partial charge in [-0.1, -0.05) is 56.3 Å². The lowest BCUT2D eigenvalue weighted by atomic mass is 9.68. The van der Waals surface area contributed by atoms with E-state index in [0.29, 0.717) is 18.1 Å². The Hall–Kier alpha value is -1.98. The molecule has 0 unspecified atom stereocenters. The van der Waals surface area contributed by atoms with Crippen molar-refractivity contribution in [2.24, 2.45) is 21.8 Å². The minimum atomic E-state index is -0.290. The summed E-state index contributed by atoms with van der Waals surface area (Å²) in [6, 6.07) is 15.7. The molecule has 0 N–H and O–H groups in total. The number of fused-ring (bicyclic) bond motifs is 3. The van der Waals surface area contributed by atoms with Gasteiger partial charge >= 0.3 is 5.97 Å². The van der Waals surface area contributed by atoms with Crippen molar-refractivity contribution in [3.8, 4) is 0 Å².